The second kappa shape index (κ2) is 10.1. The molecule has 0 spiro atoms. The molecule has 0 bridgehead atoms. The quantitative estimate of drug-likeness (QED) is 0.352. The highest BCUT2D eigenvalue weighted by Crippen LogP contribution is 2.27. The van der Waals surface area contributed by atoms with E-state index in [2.05, 4.69) is 51.7 Å². The lowest BCUT2D eigenvalue weighted by atomic mass is 10.2. The number of carbonyl (C=O) groups is 1. The van der Waals surface area contributed by atoms with Crippen LogP contribution in [0.4, 0.5) is 5.13 Å². The number of hydrogen-bond donors (Lipinski definition) is 1. The van der Waals surface area contributed by atoms with Gasteiger partial charge in [-0.25, -0.2) is 4.98 Å². The monoisotopic (exact) mass is 467 g/mol. The average Bonchev–Trinajstić information content (AvgIpc) is 3.38. The van der Waals surface area contributed by atoms with Crippen molar-refractivity contribution in [3.05, 3.63) is 77.1 Å². The van der Waals surface area contributed by atoms with Crippen molar-refractivity contribution in [1.29, 1.82) is 0 Å². The molecule has 4 aromatic rings. The highest BCUT2D eigenvalue weighted by atomic mass is 32.2. The second-order valence-electron chi connectivity index (χ2n) is 6.80. The van der Waals surface area contributed by atoms with Crippen molar-refractivity contribution in [1.82, 2.24) is 19.7 Å². The van der Waals surface area contributed by atoms with Gasteiger partial charge in [0.25, 0.3) is 0 Å². The van der Waals surface area contributed by atoms with E-state index in [-0.39, 0.29) is 11.7 Å². The van der Waals surface area contributed by atoms with Gasteiger partial charge in [-0.1, -0.05) is 47.7 Å². The number of aromatic nitrogens is 4. The van der Waals surface area contributed by atoms with Crippen molar-refractivity contribution >= 4 is 45.9 Å². The molecule has 2 aromatic carbocycles. The Labute approximate surface area is 193 Å². The van der Waals surface area contributed by atoms with Crippen LogP contribution < -0.4 is 5.32 Å². The van der Waals surface area contributed by atoms with Gasteiger partial charge < -0.3 is 5.32 Å². The van der Waals surface area contributed by atoms with E-state index in [0.717, 1.165) is 17.2 Å². The number of thiazole rings is 1. The molecule has 2 aromatic heterocycles. The summed E-state index contributed by atoms with van der Waals surface area (Å²) in [5, 5.41) is 14.8. The zero-order chi connectivity index (χ0) is 21.6. The minimum Gasteiger partial charge on any atom is -0.301 e. The van der Waals surface area contributed by atoms with E-state index < -0.39 is 0 Å². The summed E-state index contributed by atoms with van der Waals surface area (Å²) in [6.07, 6.45) is 0. The van der Waals surface area contributed by atoms with Crippen LogP contribution in [-0.4, -0.2) is 31.4 Å². The number of anilines is 1. The average molecular weight is 468 g/mol. The third-order valence-corrected chi connectivity index (χ3v) is 7.11. The molecule has 1 amide bonds. The summed E-state index contributed by atoms with van der Waals surface area (Å²) in [6, 6.07) is 18.4. The number of rotatable bonds is 8. The molecule has 1 N–H and O–H groups in total. The molecule has 9 heteroatoms. The van der Waals surface area contributed by atoms with Gasteiger partial charge in [-0.2, -0.15) is 0 Å². The Balaban J connectivity index is 1.49. The smallest absolute Gasteiger partial charge is 0.236 e. The number of para-hydroxylation sites is 1. The molecule has 158 valence electrons. The van der Waals surface area contributed by atoms with Gasteiger partial charge in [0.05, 0.1) is 17.2 Å². The van der Waals surface area contributed by atoms with Gasteiger partial charge in [-0.3, -0.25) is 9.36 Å². The first kappa shape index (κ1) is 21.6. The van der Waals surface area contributed by atoms with Gasteiger partial charge in [-0.15, -0.1) is 33.3 Å². The van der Waals surface area contributed by atoms with Gasteiger partial charge in [0.15, 0.2) is 10.3 Å². The highest BCUT2D eigenvalue weighted by Gasteiger charge is 2.16. The molecule has 0 fully saturated rings. The summed E-state index contributed by atoms with van der Waals surface area (Å²) >= 11 is 4.50. The Hall–Kier alpha value is -2.62. The van der Waals surface area contributed by atoms with Crippen LogP contribution in [0.2, 0.25) is 0 Å². The molecule has 0 saturated heterocycles. The first-order valence-electron chi connectivity index (χ1n) is 9.62. The minimum atomic E-state index is -0.113. The normalized spacial score (nSPS) is 10.9. The number of hydrogen-bond acceptors (Lipinski definition) is 7. The molecule has 0 atom stereocenters. The number of carbonyl (C=O) groups excluding carboxylic acids is 1. The Bertz CT molecular complexity index is 1160. The lowest BCUT2D eigenvalue weighted by Crippen LogP contribution is -2.14. The molecule has 4 rings (SSSR count). The van der Waals surface area contributed by atoms with E-state index in [1.54, 1.807) is 11.8 Å². The van der Waals surface area contributed by atoms with Gasteiger partial charge in [0, 0.05) is 16.0 Å². The summed E-state index contributed by atoms with van der Waals surface area (Å²) in [6.45, 7) is 3.98. The summed E-state index contributed by atoms with van der Waals surface area (Å²) in [7, 11) is 0. The zero-order valence-corrected chi connectivity index (χ0v) is 19.6. The van der Waals surface area contributed by atoms with E-state index in [1.807, 2.05) is 47.2 Å². The Morgan fingerprint density at radius 1 is 1.03 bits per heavy atom. The molecular weight excluding hydrogens is 446 g/mol. The van der Waals surface area contributed by atoms with Crippen LogP contribution in [0, 0.1) is 13.8 Å². The molecule has 0 aliphatic heterocycles. The van der Waals surface area contributed by atoms with E-state index in [9.17, 15) is 4.79 Å². The Morgan fingerprint density at radius 2 is 1.81 bits per heavy atom. The van der Waals surface area contributed by atoms with Crippen molar-refractivity contribution in [2.75, 3.05) is 11.1 Å². The number of nitrogens with one attached hydrogen (secondary N) is 1. The molecular formula is C22H21N5OS3. The van der Waals surface area contributed by atoms with Crippen LogP contribution in [0.1, 0.15) is 17.1 Å². The number of amides is 1. The van der Waals surface area contributed by atoms with E-state index in [4.69, 9.17) is 0 Å². The molecule has 0 unspecified atom stereocenters. The molecule has 0 aliphatic rings. The topological polar surface area (TPSA) is 72.7 Å². The van der Waals surface area contributed by atoms with Crippen LogP contribution in [0.15, 0.2) is 70.0 Å². The summed E-state index contributed by atoms with van der Waals surface area (Å²) < 4.78 is 2.02. The fourth-order valence-corrected chi connectivity index (χ4v) is 5.09. The molecule has 0 saturated carbocycles. The maximum absolute atomic E-state index is 12.4. The van der Waals surface area contributed by atoms with E-state index >= 15 is 0 Å². The van der Waals surface area contributed by atoms with Crippen molar-refractivity contribution in [3.63, 3.8) is 0 Å². The summed E-state index contributed by atoms with van der Waals surface area (Å²) in [4.78, 5) is 17.8. The molecule has 6 nitrogen and oxygen atoms in total. The standard InChI is InChI=1S/C22H21N5OS3/c1-15-8-10-18(11-9-15)29-13-19-25-26-22(27(19)17-6-4-3-5-7-17)31-14-20(28)24-21-23-16(2)12-30-21/h3-12H,13-14H2,1-2H3,(H,23,24,28). The first-order chi connectivity index (χ1) is 15.1. The molecule has 31 heavy (non-hydrogen) atoms. The number of aryl methyl sites for hydroxylation is 2. The van der Waals surface area contributed by atoms with Crippen LogP contribution in [0.5, 0.6) is 0 Å². The fraction of sp³-hybridized carbons (Fsp3) is 0.182. The van der Waals surface area contributed by atoms with Crippen LogP contribution >= 0.6 is 34.9 Å². The van der Waals surface area contributed by atoms with E-state index in [1.165, 1.54) is 33.6 Å². The van der Waals surface area contributed by atoms with Crippen molar-refractivity contribution in [2.45, 2.75) is 29.7 Å². The minimum absolute atomic E-state index is 0.113. The Morgan fingerprint density at radius 3 is 2.52 bits per heavy atom. The first-order valence-corrected chi connectivity index (χ1v) is 12.5. The van der Waals surface area contributed by atoms with Crippen molar-refractivity contribution in [2.24, 2.45) is 0 Å². The predicted molar refractivity (Wildman–Crippen MR) is 128 cm³/mol. The Kier molecular flexibility index (Phi) is 7.06. The van der Waals surface area contributed by atoms with Crippen LogP contribution in [0.25, 0.3) is 5.69 Å². The SMILES string of the molecule is Cc1ccc(SCc2nnc(SCC(=O)Nc3nc(C)cs3)n2-c2ccccc2)cc1. The van der Waals surface area contributed by atoms with E-state index in [0.29, 0.717) is 16.0 Å². The van der Waals surface area contributed by atoms with Crippen LogP contribution in [-0.2, 0) is 10.5 Å². The van der Waals surface area contributed by atoms with Crippen LogP contribution in [0.3, 0.4) is 0 Å². The summed E-state index contributed by atoms with van der Waals surface area (Å²) in [5.74, 6) is 1.64. The maximum atomic E-state index is 12.4. The molecule has 0 radical (unpaired) electrons. The number of thioether (sulfide) groups is 2. The van der Waals surface area contributed by atoms with Gasteiger partial charge in [-0.05, 0) is 38.1 Å². The zero-order valence-electron chi connectivity index (χ0n) is 17.1. The number of nitrogens with zero attached hydrogens (tertiary/aromatic N) is 4. The lowest BCUT2D eigenvalue weighted by molar-refractivity contribution is -0.113. The van der Waals surface area contributed by atoms with Gasteiger partial charge >= 0.3 is 0 Å². The largest absolute Gasteiger partial charge is 0.301 e. The van der Waals surface area contributed by atoms with Crippen molar-refractivity contribution in [3.8, 4) is 5.69 Å². The number of benzene rings is 2. The van der Waals surface area contributed by atoms with Gasteiger partial charge in [0.2, 0.25) is 5.91 Å². The fourth-order valence-electron chi connectivity index (χ4n) is 2.80. The van der Waals surface area contributed by atoms with Crippen molar-refractivity contribution < 1.29 is 4.79 Å². The third-order valence-electron chi connectivity index (χ3n) is 4.30. The van der Waals surface area contributed by atoms with Gasteiger partial charge in [0.1, 0.15) is 5.82 Å². The molecule has 2 heterocycles. The molecule has 0 aliphatic carbocycles. The lowest BCUT2D eigenvalue weighted by Gasteiger charge is -2.10. The second-order valence-corrected chi connectivity index (χ2v) is 9.65. The third kappa shape index (κ3) is 5.75. The maximum Gasteiger partial charge on any atom is 0.236 e. The predicted octanol–water partition coefficient (Wildman–Crippen LogP) is 5.36. The summed E-state index contributed by atoms with van der Waals surface area (Å²) in [5.41, 5.74) is 3.11. The highest BCUT2D eigenvalue weighted by molar-refractivity contribution is 7.99.